The van der Waals surface area contributed by atoms with E-state index in [0.29, 0.717) is 23.8 Å². The first-order valence-electron chi connectivity index (χ1n) is 7.27. The summed E-state index contributed by atoms with van der Waals surface area (Å²) in [6.07, 6.45) is 5.35. The number of fused-ring (bicyclic) bond motifs is 5. The minimum atomic E-state index is -1.06. The fourth-order valence-corrected chi connectivity index (χ4v) is 5.26. The number of hydrogen-bond donors (Lipinski definition) is 1. The van der Waals surface area contributed by atoms with Crippen LogP contribution >= 0.6 is 0 Å². The topological polar surface area (TPSA) is 20.2 Å². The summed E-state index contributed by atoms with van der Waals surface area (Å²) in [7, 11) is 0. The van der Waals surface area contributed by atoms with Crippen molar-refractivity contribution in [3.05, 3.63) is 35.4 Å². The lowest BCUT2D eigenvalue weighted by atomic mass is 9.70. The number of benzene rings is 1. The molecule has 2 bridgehead atoms. The van der Waals surface area contributed by atoms with Crippen LogP contribution in [0.5, 0.6) is 0 Å². The molecule has 0 aliphatic heterocycles. The molecule has 1 N–H and O–H groups in total. The first-order chi connectivity index (χ1) is 9.09. The molecule has 3 saturated carbocycles. The summed E-state index contributed by atoms with van der Waals surface area (Å²) in [5, 5.41) is 11.0. The maximum atomic E-state index is 14.0. The monoisotopic (exact) mass is 264 g/mol. The van der Waals surface area contributed by atoms with Crippen molar-refractivity contribution >= 4 is 0 Å². The summed E-state index contributed by atoms with van der Waals surface area (Å²) < 4.78 is 27.1. The van der Waals surface area contributed by atoms with Crippen LogP contribution in [0, 0.1) is 35.3 Å². The minimum absolute atomic E-state index is 0.171. The van der Waals surface area contributed by atoms with Gasteiger partial charge in [0.05, 0.1) is 5.60 Å². The van der Waals surface area contributed by atoms with Crippen LogP contribution in [0.15, 0.2) is 18.2 Å². The van der Waals surface area contributed by atoms with E-state index in [1.54, 1.807) is 0 Å². The quantitative estimate of drug-likeness (QED) is 0.821. The normalized spacial score (nSPS) is 43.7. The Kier molecular flexibility index (Phi) is 2.36. The Morgan fingerprint density at radius 1 is 1.16 bits per heavy atom. The molecule has 1 aromatic rings. The van der Waals surface area contributed by atoms with Crippen molar-refractivity contribution in [2.24, 2.45) is 23.7 Å². The molecule has 19 heavy (non-hydrogen) atoms. The van der Waals surface area contributed by atoms with Crippen molar-refractivity contribution in [3.8, 4) is 0 Å². The Balaban J connectivity index is 1.75. The second-order valence-corrected chi connectivity index (χ2v) is 6.61. The van der Waals surface area contributed by atoms with Crippen molar-refractivity contribution < 1.29 is 13.9 Å². The highest BCUT2D eigenvalue weighted by molar-refractivity contribution is 5.30. The highest BCUT2D eigenvalue weighted by Crippen LogP contribution is 2.65. The summed E-state index contributed by atoms with van der Waals surface area (Å²) >= 11 is 0. The second kappa shape index (κ2) is 3.78. The van der Waals surface area contributed by atoms with Crippen LogP contribution in [-0.2, 0) is 5.60 Å². The maximum absolute atomic E-state index is 14.0. The van der Waals surface area contributed by atoms with Gasteiger partial charge in [-0.15, -0.1) is 0 Å². The fraction of sp³-hybridized carbons (Fsp3) is 0.625. The van der Waals surface area contributed by atoms with Crippen LogP contribution in [0.2, 0.25) is 0 Å². The van der Waals surface area contributed by atoms with E-state index in [4.69, 9.17) is 0 Å². The van der Waals surface area contributed by atoms with Gasteiger partial charge in [-0.05, 0) is 55.4 Å². The molecule has 3 aliphatic carbocycles. The molecule has 1 aromatic carbocycles. The lowest BCUT2D eigenvalue weighted by Gasteiger charge is -2.39. The SMILES string of the molecule is OC1(c2ccc(F)cc2F)CC2CC1C1CCCC21. The second-order valence-electron chi connectivity index (χ2n) is 6.61. The molecule has 1 nitrogen and oxygen atoms in total. The van der Waals surface area contributed by atoms with Gasteiger partial charge in [0.25, 0.3) is 0 Å². The average Bonchev–Trinajstić information content (AvgIpc) is 2.98. The Hall–Kier alpha value is -0.960. The van der Waals surface area contributed by atoms with Gasteiger partial charge in [-0.25, -0.2) is 8.78 Å². The molecule has 0 heterocycles. The minimum Gasteiger partial charge on any atom is -0.385 e. The van der Waals surface area contributed by atoms with E-state index in [1.165, 1.54) is 25.0 Å². The van der Waals surface area contributed by atoms with Crippen LogP contribution in [0.4, 0.5) is 8.78 Å². The third kappa shape index (κ3) is 1.48. The largest absolute Gasteiger partial charge is 0.385 e. The van der Waals surface area contributed by atoms with Crippen LogP contribution in [-0.4, -0.2) is 5.11 Å². The van der Waals surface area contributed by atoms with Gasteiger partial charge in [0.15, 0.2) is 0 Å². The van der Waals surface area contributed by atoms with Gasteiger partial charge in [0, 0.05) is 11.6 Å². The van der Waals surface area contributed by atoms with Gasteiger partial charge < -0.3 is 5.11 Å². The molecule has 4 rings (SSSR count). The van der Waals surface area contributed by atoms with Gasteiger partial charge >= 0.3 is 0 Å². The van der Waals surface area contributed by atoms with Crippen molar-refractivity contribution in [3.63, 3.8) is 0 Å². The summed E-state index contributed by atoms with van der Waals surface area (Å²) in [5.74, 6) is 0.829. The molecule has 0 spiro atoms. The van der Waals surface area contributed by atoms with E-state index >= 15 is 0 Å². The predicted molar refractivity (Wildman–Crippen MR) is 67.3 cm³/mol. The highest BCUT2D eigenvalue weighted by atomic mass is 19.1. The van der Waals surface area contributed by atoms with Gasteiger partial charge in [-0.1, -0.05) is 12.5 Å². The fourth-order valence-electron chi connectivity index (χ4n) is 5.26. The number of rotatable bonds is 1. The van der Waals surface area contributed by atoms with Crippen LogP contribution in [0.1, 0.15) is 37.7 Å². The first kappa shape index (κ1) is 11.8. The molecule has 0 radical (unpaired) electrons. The van der Waals surface area contributed by atoms with Gasteiger partial charge in [0.1, 0.15) is 11.6 Å². The lowest BCUT2D eigenvalue weighted by Crippen LogP contribution is -2.39. The molecule has 0 saturated heterocycles. The van der Waals surface area contributed by atoms with Crippen molar-refractivity contribution in [2.45, 2.75) is 37.7 Å². The van der Waals surface area contributed by atoms with E-state index < -0.39 is 17.2 Å². The molecule has 0 amide bonds. The van der Waals surface area contributed by atoms with Crippen molar-refractivity contribution in [2.75, 3.05) is 0 Å². The van der Waals surface area contributed by atoms with E-state index in [-0.39, 0.29) is 5.92 Å². The molecule has 3 fully saturated rings. The zero-order valence-corrected chi connectivity index (χ0v) is 10.8. The molecule has 3 heteroatoms. The van der Waals surface area contributed by atoms with Gasteiger partial charge in [-0.3, -0.25) is 0 Å². The van der Waals surface area contributed by atoms with E-state index in [2.05, 4.69) is 0 Å². The zero-order valence-electron chi connectivity index (χ0n) is 10.8. The average molecular weight is 264 g/mol. The van der Waals surface area contributed by atoms with Crippen LogP contribution in [0.3, 0.4) is 0 Å². The summed E-state index contributed by atoms with van der Waals surface area (Å²) in [4.78, 5) is 0. The Morgan fingerprint density at radius 2 is 1.95 bits per heavy atom. The predicted octanol–water partition coefficient (Wildman–Crippen LogP) is 3.61. The molecule has 0 aromatic heterocycles. The first-order valence-corrected chi connectivity index (χ1v) is 7.27. The molecular formula is C16H18F2O. The number of hydrogen-bond acceptors (Lipinski definition) is 1. The summed E-state index contributed by atoms with van der Waals surface area (Å²) in [6.45, 7) is 0. The van der Waals surface area contributed by atoms with E-state index in [0.717, 1.165) is 24.8 Å². The lowest BCUT2D eigenvalue weighted by molar-refractivity contribution is -0.0537. The molecular weight excluding hydrogens is 246 g/mol. The van der Waals surface area contributed by atoms with E-state index in [1.807, 2.05) is 0 Å². The maximum Gasteiger partial charge on any atom is 0.132 e. The van der Waals surface area contributed by atoms with Crippen molar-refractivity contribution in [1.29, 1.82) is 0 Å². The molecule has 5 unspecified atom stereocenters. The Bertz CT molecular complexity index is 529. The van der Waals surface area contributed by atoms with Crippen LogP contribution in [0.25, 0.3) is 0 Å². The molecule has 3 aliphatic rings. The van der Waals surface area contributed by atoms with Gasteiger partial charge in [-0.2, -0.15) is 0 Å². The van der Waals surface area contributed by atoms with Crippen molar-refractivity contribution in [1.82, 2.24) is 0 Å². The zero-order chi connectivity index (χ0) is 13.2. The third-order valence-corrected chi connectivity index (χ3v) is 5.89. The third-order valence-electron chi connectivity index (χ3n) is 5.89. The summed E-state index contributed by atoms with van der Waals surface area (Å²) in [5.41, 5.74) is -0.750. The standard InChI is InChI=1S/C16H18F2O/c17-10-4-5-13(15(18)7-10)16(19)8-9-6-14(16)12-3-1-2-11(9)12/h4-5,7,9,11-12,14,19H,1-3,6,8H2. The number of aliphatic hydroxyl groups is 1. The summed E-state index contributed by atoms with van der Waals surface area (Å²) in [6, 6.07) is 3.59. The highest BCUT2D eigenvalue weighted by Gasteiger charge is 2.61. The number of halogens is 2. The van der Waals surface area contributed by atoms with E-state index in [9.17, 15) is 13.9 Å². The Labute approximate surface area is 111 Å². The van der Waals surface area contributed by atoms with Gasteiger partial charge in [0.2, 0.25) is 0 Å². The Morgan fingerprint density at radius 3 is 2.74 bits per heavy atom. The molecule has 5 atom stereocenters. The smallest absolute Gasteiger partial charge is 0.132 e. The van der Waals surface area contributed by atoms with Crippen LogP contribution < -0.4 is 0 Å². The molecule has 102 valence electrons.